The number of ether oxygens (including phenoxy) is 1. The topological polar surface area (TPSA) is 92.8 Å². The third kappa shape index (κ3) is 5.41. The zero-order valence-corrected chi connectivity index (χ0v) is 17.5. The van der Waals surface area contributed by atoms with Crippen molar-refractivity contribution in [2.24, 2.45) is 0 Å². The molecule has 0 bridgehead atoms. The van der Waals surface area contributed by atoms with Gasteiger partial charge in [0.25, 0.3) is 0 Å². The van der Waals surface area contributed by atoms with Crippen LogP contribution in [-0.4, -0.2) is 44.5 Å². The number of methoxy groups -OCH3 is 1. The van der Waals surface area contributed by atoms with Crippen molar-refractivity contribution in [1.82, 2.24) is 4.31 Å². The van der Waals surface area contributed by atoms with E-state index >= 15 is 0 Å². The molecule has 2 aromatic carbocycles. The summed E-state index contributed by atoms with van der Waals surface area (Å²) in [6.07, 6.45) is 1.08. The minimum absolute atomic E-state index is 0.110. The molecule has 0 saturated carbocycles. The fourth-order valence-electron chi connectivity index (χ4n) is 2.76. The molecule has 1 N–H and O–H groups in total. The number of nitrogens with zero attached hydrogens (tertiary/aromatic N) is 1. The average Bonchev–Trinajstić information content (AvgIpc) is 3.10. The molecule has 0 atom stereocenters. The number of rotatable bonds is 7. The van der Waals surface area contributed by atoms with Gasteiger partial charge in [-0.2, -0.15) is 4.31 Å². The number of sulfonamides is 1. The molecule has 0 aliphatic heterocycles. The Balaban J connectivity index is 1.73. The molecular formula is C20H20N2O5S2. The first kappa shape index (κ1) is 21.0. The summed E-state index contributed by atoms with van der Waals surface area (Å²) in [6, 6.07) is 16.0. The molecule has 1 amide bonds. The first-order chi connectivity index (χ1) is 13.8. The number of thiophene rings is 1. The number of carbonyl (C=O) groups excluding carboxylic acids is 2. The van der Waals surface area contributed by atoms with Crippen LogP contribution >= 0.6 is 11.3 Å². The Bertz CT molecular complexity index is 1140. The fraction of sp³-hybridized carbons (Fsp3) is 0.200. The van der Waals surface area contributed by atoms with Crippen LogP contribution in [0.3, 0.4) is 0 Å². The van der Waals surface area contributed by atoms with E-state index < -0.39 is 21.9 Å². The summed E-state index contributed by atoms with van der Waals surface area (Å²) in [5.74, 6) is -0.865. The van der Waals surface area contributed by atoms with Crippen molar-refractivity contribution in [3.8, 4) is 0 Å². The molecule has 0 radical (unpaired) electrons. The molecule has 29 heavy (non-hydrogen) atoms. The maximum absolute atomic E-state index is 12.5. The summed E-state index contributed by atoms with van der Waals surface area (Å²) in [5, 5.41) is 3.51. The lowest BCUT2D eigenvalue weighted by atomic mass is 10.2. The van der Waals surface area contributed by atoms with Gasteiger partial charge in [0.2, 0.25) is 15.9 Å². The Morgan fingerprint density at radius 2 is 1.83 bits per heavy atom. The highest BCUT2D eigenvalue weighted by Crippen LogP contribution is 2.28. The number of fused-ring (bicyclic) bond motifs is 1. The summed E-state index contributed by atoms with van der Waals surface area (Å²) < 4.78 is 30.9. The molecule has 1 heterocycles. The highest BCUT2D eigenvalue weighted by atomic mass is 32.2. The summed E-state index contributed by atoms with van der Waals surface area (Å²) in [6.45, 7) is -0.192. The van der Waals surface area contributed by atoms with Gasteiger partial charge in [-0.15, -0.1) is 11.3 Å². The molecule has 3 aromatic rings. The van der Waals surface area contributed by atoms with E-state index in [-0.39, 0.29) is 13.1 Å². The SMILES string of the molecule is COC(=O)c1cc2cc(NC(=O)CN(Cc3ccccc3)S(C)(=O)=O)ccc2s1. The Kier molecular flexibility index (Phi) is 6.31. The summed E-state index contributed by atoms with van der Waals surface area (Å²) in [5.41, 5.74) is 1.31. The molecule has 0 spiro atoms. The maximum atomic E-state index is 12.5. The van der Waals surface area contributed by atoms with E-state index in [1.165, 1.54) is 18.4 Å². The lowest BCUT2D eigenvalue weighted by molar-refractivity contribution is -0.116. The van der Waals surface area contributed by atoms with Crippen LogP contribution in [0.25, 0.3) is 10.1 Å². The standard InChI is InChI=1S/C20H20N2O5S2/c1-27-20(24)18-11-15-10-16(8-9-17(15)28-18)21-19(23)13-22(29(2,25)26)12-14-6-4-3-5-7-14/h3-11H,12-13H2,1-2H3,(H,21,23). The Labute approximate surface area is 173 Å². The molecule has 0 aliphatic carbocycles. The minimum Gasteiger partial charge on any atom is -0.465 e. The van der Waals surface area contributed by atoms with E-state index in [2.05, 4.69) is 5.32 Å². The monoisotopic (exact) mass is 432 g/mol. The predicted octanol–water partition coefficient (Wildman–Crippen LogP) is 3.09. The van der Waals surface area contributed by atoms with Crippen molar-refractivity contribution < 1.29 is 22.7 Å². The molecule has 1 aromatic heterocycles. The van der Waals surface area contributed by atoms with Crippen LogP contribution in [0.1, 0.15) is 15.2 Å². The predicted molar refractivity (Wildman–Crippen MR) is 113 cm³/mol. The molecule has 7 nitrogen and oxygen atoms in total. The van der Waals surface area contributed by atoms with E-state index in [0.717, 1.165) is 26.2 Å². The van der Waals surface area contributed by atoms with Crippen LogP contribution in [0.4, 0.5) is 5.69 Å². The second-order valence-corrected chi connectivity index (χ2v) is 9.49. The first-order valence-corrected chi connectivity index (χ1v) is 11.3. The van der Waals surface area contributed by atoms with E-state index in [0.29, 0.717) is 10.6 Å². The number of esters is 1. The van der Waals surface area contributed by atoms with Crippen molar-refractivity contribution in [3.05, 3.63) is 65.0 Å². The third-order valence-electron chi connectivity index (χ3n) is 4.18. The Morgan fingerprint density at radius 3 is 2.48 bits per heavy atom. The van der Waals surface area contributed by atoms with Gasteiger partial charge in [0.05, 0.1) is 19.9 Å². The van der Waals surface area contributed by atoms with Gasteiger partial charge >= 0.3 is 5.97 Å². The van der Waals surface area contributed by atoms with Crippen molar-refractivity contribution in [1.29, 1.82) is 0 Å². The number of benzene rings is 2. The largest absolute Gasteiger partial charge is 0.465 e. The second-order valence-electron chi connectivity index (χ2n) is 6.42. The minimum atomic E-state index is -3.57. The number of nitrogens with one attached hydrogen (secondary N) is 1. The van der Waals surface area contributed by atoms with Crippen LogP contribution in [0.15, 0.2) is 54.6 Å². The smallest absolute Gasteiger partial charge is 0.348 e. The van der Waals surface area contributed by atoms with E-state index in [1.54, 1.807) is 36.4 Å². The highest BCUT2D eigenvalue weighted by Gasteiger charge is 2.21. The lowest BCUT2D eigenvalue weighted by Crippen LogP contribution is -2.36. The van der Waals surface area contributed by atoms with E-state index in [4.69, 9.17) is 4.74 Å². The number of anilines is 1. The molecule has 0 fully saturated rings. The zero-order valence-electron chi connectivity index (χ0n) is 15.9. The molecule has 3 rings (SSSR count). The van der Waals surface area contributed by atoms with Gasteiger partial charge in [0, 0.05) is 16.9 Å². The van der Waals surface area contributed by atoms with E-state index in [1.807, 2.05) is 18.2 Å². The zero-order chi connectivity index (χ0) is 21.0. The summed E-state index contributed by atoms with van der Waals surface area (Å²) in [4.78, 5) is 24.6. The Hall–Kier alpha value is -2.75. The normalized spacial score (nSPS) is 11.6. The molecule has 9 heteroatoms. The van der Waals surface area contributed by atoms with Gasteiger partial charge in [0.15, 0.2) is 0 Å². The molecule has 0 unspecified atom stereocenters. The van der Waals surface area contributed by atoms with Gasteiger partial charge in [-0.25, -0.2) is 13.2 Å². The van der Waals surface area contributed by atoms with Gasteiger partial charge in [-0.1, -0.05) is 30.3 Å². The van der Waals surface area contributed by atoms with Crippen molar-refractivity contribution >= 4 is 49.0 Å². The molecule has 0 aliphatic rings. The van der Waals surface area contributed by atoms with Gasteiger partial charge in [-0.05, 0) is 35.2 Å². The van der Waals surface area contributed by atoms with Crippen LogP contribution in [-0.2, 0) is 26.1 Å². The fourth-order valence-corrected chi connectivity index (χ4v) is 4.46. The summed E-state index contributed by atoms with van der Waals surface area (Å²) in [7, 11) is -2.25. The van der Waals surface area contributed by atoms with E-state index in [9.17, 15) is 18.0 Å². The van der Waals surface area contributed by atoms with Gasteiger partial charge in [-0.3, -0.25) is 4.79 Å². The molecular weight excluding hydrogens is 412 g/mol. The number of hydrogen-bond donors (Lipinski definition) is 1. The van der Waals surface area contributed by atoms with Crippen molar-refractivity contribution in [2.45, 2.75) is 6.54 Å². The maximum Gasteiger partial charge on any atom is 0.348 e. The summed E-state index contributed by atoms with van der Waals surface area (Å²) >= 11 is 1.30. The molecule has 0 saturated heterocycles. The first-order valence-electron chi connectivity index (χ1n) is 8.67. The van der Waals surface area contributed by atoms with Gasteiger partial charge in [0.1, 0.15) is 4.88 Å². The second kappa shape index (κ2) is 8.73. The molecule has 152 valence electrons. The quantitative estimate of drug-likeness (QED) is 0.579. The Morgan fingerprint density at radius 1 is 1.10 bits per heavy atom. The van der Waals surface area contributed by atoms with Gasteiger partial charge < -0.3 is 10.1 Å². The van der Waals surface area contributed by atoms with Crippen LogP contribution < -0.4 is 5.32 Å². The third-order valence-corrected chi connectivity index (χ3v) is 6.47. The van der Waals surface area contributed by atoms with Crippen LogP contribution in [0.5, 0.6) is 0 Å². The highest BCUT2D eigenvalue weighted by molar-refractivity contribution is 7.88. The number of carbonyl (C=O) groups is 2. The lowest BCUT2D eigenvalue weighted by Gasteiger charge is -2.19. The van der Waals surface area contributed by atoms with Crippen LogP contribution in [0.2, 0.25) is 0 Å². The number of hydrogen-bond acceptors (Lipinski definition) is 6. The number of amides is 1. The van der Waals surface area contributed by atoms with Crippen molar-refractivity contribution in [2.75, 3.05) is 25.2 Å². The van der Waals surface area contributed by atoms with Crippen molar-refractivity contribution in [3.63, 3.8) is 0 Å². The van der Waals surface area contributed by atoms with Crippen LogP contribution in [0, 0.1) is 0 Å². The average molecular weight is 433 g/mol.